The van der Waals surface area contributed by atoms with Gasteiger partial charge in [0.25, 0.3) is 0 Å². The van der Waals surface area contributed by atoms with Crippen LogP contribution < -0.4 is 5.73 Å². The van der Waals surface area contributed by atoms with Gasteiger partial charge in [0.05, 0.1) is 0 Å². The van der Waals surface area contributed by atoms with Gasteiger partial charge >= 0.3 is 0 Å². The fourth-order valence-electron chi connectivity index (χ4n) is 2.53. The van der Waals surface area contributed by atoms with Crippen LogP contribution in [0.2, 0.25) is 0 Å². The van der Waals surface area contributed by atoms with Crippen LogP contribution in [0.5, 0.6) is 0 Å². The maximum atomic E-state index is 5.58. The SMILES string of the molecule is Cc1cc(C)nc(C2CCN(CCN)CC2)n1. The number of nitrogens with zero attached hydrogens (tertiary/aromatic N) is 3. The molecule has 0 unspecified atom stereocenters. The zero-order chi connectivity index (χ0) is 12.3. The lowest BCUT2D eigenvalue weighted by molar-refractivity contribution is 0.214. The van der Waals surface area contributed by atoms with E-state index in [0.29, 0.717) is 5.92 Å². The van der Waals surface area contributed by atoms with Crippen LogP contribution in [0.3, 0.4) is 0 Å². The Kier molecular flexibility index (Phi) is 4.07. The average molecular weight is 234 g/mol. The number of hydrogen-bond donors (Lipinski definition) is 1. The molecular weight excluding hydrogens is 212 g/mol. The van der Waals surface area contributed by atoms with E-state index in [9.17, 15) is 0 Å². The predicted molar refractivity (Wildman–Crippen MR) is 69.0 cm³/mol. The van der Waals surface area contributed by atoms with E-state index in [0.717, 1.165) is 56.2 Å². The molecule has 4 heteroatoms. The summed E-state index contributed by atoms with van der Waals surface area (Å²) in [7, 11) is 0. The normalized spacial score (nSPS) is 18.5. The van der Waals surface area contributed by atoms with Crippen molar-refractivity contribution < 1.29 is 0 Å². The van der Waals surface area contributed by atoms with Crippen molar-refractivity contribution >= 4 is 0 Å². The van der Waals surface area contributed by atoms with Gasteiger partial charge in [-0.2, -0.15) is 0 Å². The molecule has 0 amide bonds. The monoisotopic (exact) mass is 234 g/mol. The summed E-state index contributed by atoms with van der Waals surface area (Å²) < 4.78 is 0. The third-order valence-corrected chi connectivity index (χ3v) is 3.40. The van der Waals surface area contributed by atoms with Crippen LogP contribution in [0.25, 0.3) is 0 Å². The molecule has 1 aromatic rings. The van der Waals surface area contributed by atoms with Crippen LogP contribution in [-0.4, -0.2) is 41.0 Å². The summed E-state index contributed by atoms with van der Waals surface area (Å²) in [5.74, 6) is 1.57. The van der Waals surface area contributed by atoms with Crippen molar-refractivity contribution in [2.75, 3.05) is 26.2 Å². The second kappa shape index (κ2) is 5.56. The highest BCUT2D eigenvalue weighted by Crippen LogP contribution is 2.25. The van der Waals surface area contributed by atoms with Gasteiger partial charge in [-0.3, -0.25) is 0 Å². The molecule has 17 heavy (non-hydrogen) atoms. The fourth-order valence-corrected chi connectivity index (χ4v) is 2.53. The first kappa shape index (κ1) is 12.5. The summed E-state index contributed by atoms with van der Waals surface area (Å²) in [5.41, 5.74) is 7.74. The molecule has 0 aliphatic carbocycles. The van der Waals surface area contributed by atoms with E-state index in [1.807, 2.05) is 19.9 Å². The van der Waals surface area contributed by atoms with Crippen molar-refractivity contribution in [3.63, 3.8) is 0 Å². The van der Waals surface area contributed by atoms with Gasteiger partial charge in [0, 0.05) is 30.4 Å². The molecule has 0 spiro atoms. The third-order valence-electron chi connectivity index (χ3n) is 3.40. The van der Waals surface area contributed by atoms with Crippen LogP contribution in [0, 0.1) is 13.8 Å². The maximum absolute atomic E-state index is 5.58. The highest BCUT2D eigenvalue weighted by Gasteiger charge is 2.22. The Morgan fingerprint density at radius 2 is 1.82 bits per heavy atom. The topological polar surface area (TPSA) is 55.0 Å². The van der Waals surface area contributed by atoms with Crippen LogP contribution in [0.15, 0.2) is 6.07 Å². The minimum Gasteiger partial charge on any atom is -0.329 e. The molecule has 0 saturated carbocycles. The second-order valence-electron chi connectivity index (χ2n) is 4.91. The summed E-state index contributed by atoms with van der Waals surface area (Å²) in [5, 5.41) is 0. The van der Waals surface area contributed by atoms with Gasteiger partial charge in [-0.05, 0) is 45.8 Å². The molecule has 0 aromatic carbocycles. The van der Waals surface area contributed by atoms with Crippen LogP contribution in [-0.2, 0) is 0 Å². The quantitative estimate of drug-likeness (QED) is 0.854. The smallest absolute Gasteiger partial charge is 0.132 e. The van der Waals surface area contributed by atoms with Gasteiger partial charge in [0.2, 0.25) is 0 Å². The van der Waals surface area contributed by atoms with E-state index in [2.05, 4.69) is 14.9 Å². The first-order valence-corrected chi connectivity index (χ1v) is 6.43. The Hall–Kier alpha value is -1.00. The molecule has 1 fully saturated rings. The number of hydrogen-bond acceptors (Lipinski definition) is 4. The molecule has 2 N–H and O–H groups in total. The van der Waals surface area contributed by atoms with E-state index in [1.54, 1.807) is 0 Å². The van der Waals surface area contributed by atoms with Crippen molar-refractivity contribution in [3.05, 3.63) is 23.3 Å². The Balaban J connectivity index is 2.00. The van der Waals surface area contributed by atoms with E-state index in [-0.39, 0.29) is 0 Å². The molecule has 1 saturated heterocycles. The Morgan fingerprint density at radius 1 is 1.24 bits per heavy atom. The lowest BCUT2D eigenvalue weighted by Gasteiger charge is -2.30. The van der Waals surface area contributed by atoms with Crippen molar-refractivity contribution in [1.29, 1.82) is 0 Å². The third kappa shape index (κ3) is 3.23. The van der Waals surface area contributed by atoms with Crippen LogP contribution in [0.1, 0.15) is 36.0 Å². The minimum atomic E-state index is 0.530. The van der Waals surface area contributed by atoms with E-state index in [1.165, 1.54) is 0 Å². The number of nitrogens with two attached hydrogens (primary N) is 1. The van der Waals surface area contributed by atoms with Gasteiger partial charge in [-0.1, -0.05) is 0 Å². The number of rotatable bonds is 3. The average Bonchev–Trinajstić information content (AvgIpc) is 2.29. The zero-order valence-electron chi connectivity index (χ0n) is 10.8. The minimum absolute atomic E-state index is 0.530. The molecule has 0 atom stereocenters. The van der Waals surface area contributed by atoms with Crippen molar-refractivity contribution in [3.8, 4) is 0 Å². The van der Waals surface area contributed by atoms with Gasteiger partial charge < -0.3 is 10.6 Å². The zero-order valence-corrected chi connectivity index (χ0v) is 10.8. The summed E-state index contributed by atoms with van der Waals surface area (Å²) >= 11 is 0. The summed E-state index contributed by atoms with van der Waals surface area (Å²) in [6.45, 7) is 8.10. The Labute approximate surface area is 103 Å². The van der Waals surface area contributed by atoms with Crippen LogP contribution >= 0.6 is 0 Å². The lowest BCUT2D eigenvalue weighted by Crippen LogP contribution is -2.36. The lowest BCUT2D eigenvalue weighted by atomic mass is 9.95. The van der Waals surface area contributed by atoms with Crippen molar-refractivity contribution in [2.45, 2.75) is 32.6 Å². The largest absolute Gasteiger partial charge is 0.329 e. The van der Waals surface area contributed by atoms with Crippen molar-refractivity contribution in [2.24, 2.45) is 5.73 Å². The standard InChI is InChI=1S/C13H22N4/c1-10-9-11(2)16-13(15-10)12-3-6-17(7-4-12)8-5-14/h9,12H,3-8,14H2,1-2H3. The first-order valence-electron chi connectivity index (χ1n) is 6.43. The molecule has 0 radical (unpaired) electrons. The molecule has 1 aliphatic rings. The molecule has 4 nitrogen and oxygen atoms in total. The number of likely N-dealkylation sites (tertiary alicyclic amines) is 1. The van der Waals surface area contributed by atoms with Crippen molar-refractivity contribution in [1.82, 2.24) is 14.9 Å². The molecule has 0 bridgehead atoms. The molecule has 2 heterocycles. The van der Waals surface area contributed by atoms with Gasteiger partial charge in [-0.15, -0.1) is 0 Å². The maximum Gasteiger partial charge on any atom is 0.132 e. The summed E-state index contributed by atoms with van der Waals surface area (Å²) in [4.78, 5) is 11.6. The number of piperidine rings is 1. The number of aromatic nitrogens is 2. The molecule has 2 rings (SSSR count). The predicted octanol–water partition coefficient (Wildman–Crippen LogP) is 1.23. The van der Waals surface area contributed by atoms with Gasteiger partial charge in [0.15, 0.2) is 0 Å². The Morgan fingerprint density at radius 3 is 2.35 bits per heavy atom. The second-order valence-corrected chi connectivity index (χ2v) is 4.91. The Bertz CT molecular complexity index is 349. The van der Waals surface area contributed by atoms with E-state index in [4.69, 9.17) is 5.73 Å². The highest BCUT2D eigenvalue weighted by molar-refractivity contribution is 5.11. The summed E-state index contributed by atoms with van der Waals surface area (Å²) in [6.07, 6.45) is 2.31. The van der Waals surface area contributed by atoms with E-state index < -0.39 is 0 Å². The first-order chi connectivity index (χ1) is 8.19. The van der Waals surface area contributed by atoms with Gasteiger partial charge in [-0.25, -0.2) is 9.97 Å². The molecule has 1 aliphatic heterocycles. The van der Waals surface area contributed by atoms with Gasteiger partial charge in [0.1, 0.15) is 5.82 Å². The van der Waals surface area contributed by atoms with E-state index >= 15 is 0 Å². The summed E-state index contributed by atoms with van der Waals surface area (Å²) in [6, 6.07) is 2.03. The molecule has 94 valence electrons. The molecular formula is C13H22N4. The number of aryl methyl sites for hydroxylation is 2. The highest BCUT2D eigenvalue weighted by atomic mass is 15.1. The van der Waals surface area contributed by atoms with Crippen LogP contribution in [0.4, 0.5) is 0 Å². The molecule has 1 aromatic heterocycles. The fraction of sp³-hybridized carbons (Fsp3) is 0.692.